The molecule has 1 N–H and O–H groups in total. The second-order valence-electron chi connectivity index (χ2n) is 6.77. The quantitative estimate of drug-likeness (QED) is 0.830. The first kappa shape index (κ1) is 17.4. The van der Waals surface area contributed by atoms with Crippen molar-refractivity contribution in [1.29, 1.82) is 0 Å². The molecule has 134 valence electrons. The summed E-state index contributed by atoms with van der Waals surface area (Å²) in [4.78, 5) is 18.4. The third-order valence-electron chi connectivity index (χ3n) is 4.85. The summed E-state index contributed by atoms with van der Waals surface area (Å²) in [5, 5.41) is 0. The van der Waals surface area contributed by atoms with Crippen molar-refractivity contribution in [3.63, 3.8) is 0 Å². The Hall–Kier alpha value is -1.45. The van der Waals surface area contributed by atoms with E-state index in [1.165, 1.54) is 6.26 Å². The van der Waals surface area contributed by atoms with Crippen LogP contribution in [-0.2, 0) is 21.8 Å². The van der Waals surface area contributed by atoms with Crippen LogP contribution >= 0.6 is 0 Å². The van der Waals surface area contributed by atoms with Gasteiger partial charge in [-0.15, -0.1) is 0 Å². The molecule has 2 aliphatic rings. The minimum Gasteiger partial charge on any atom is -0.375 e. The van der Waals surface area contributed by atoms with Gasteiger partial charge in [-0.1, -0.05) is 0 Å². The Balaban J connectivity index is 1.61. The van der Waals surface area contributed by atoms with Gasteiger partial charge in [-0.3, -0.25) is 4.79 Å². The number of imidazole rings is 1. The minimum absolute atomic E-state index is 0.0704. The van der Waals surface area contributed by atoms with Crippen LogP contribution < -0.4 is 4.72 Å². The number of nitrogens with zero attached hydrogens (tertiary/aromatic N) is 3. The number of aryl methyl sites for hydroxylation is 1. The minimum atomic E-state index is -3.22. The summed E-state index contributed by atoms with van der Waals surface area (Å²) in [5.74, 6) is 0.367. The lowest BCUT2D eigenvalue weighted by molar-refractivity contribution is -0.113. The third kappa shape index (κ3) is 3.79. The van der Waals surface area contributed by atoms with E-state index in [4.69, 9.17) is 4.74 Å². The normalized spacial score (nSPS) is 24.2. The van der Waals surface area contributed by atoms with E-state index in [1.54, 1.807) is 28.9 Å². The monoisotopic (exact) mass is 356 g/mol. The molecule has 3 rings (SSSR count). The van der Waals surface area contributed by atoms with E-state index >= 15 is 0 Å². The molecular formula is C15H24N4O4S. The van der Waals surface area contributed by atoms with Crippen molar-refractivity contribution < 1.29 is 17.9 Å². The number of nitrogens with one attached hydrogen (secondary N) is 1. The van der Waals surface area contributed by atoms with Crippen LogP contribution in [0.1, 0.15) is 36.3 Å². The van der Waals surface area contributed by atoms with Crippen molar-refractivity contribution in [2.24, 2.45) is 7.05 Å². The number of hydrogen-bond acceptors (Lipinski definition) is 5. The Labute approximate surface area is 142 Å². The molecule has 1 spiro atoms. The molecule has 9 heteroatoms. The molecule has 0 bridgehead atoms. The largest absolute Gasteiger partial charge is 0.375 e. The summed E-state index contributed by atoms with van der Waals surface area (Å²) in [5.41, 5.74) is -0.334. The second-order valence-corrected chi connectivity index (χ2v) is 8.55. The number of rotatable bonds is 3. The lowest BCUT2D eigenvalue weighted by atomic mass is 9.82. The SMILES string of the molecule is Cn1ccnc1C(=O)N1CCC2(CC1)CC(NS(C)(=O)=O)CCO2. The van der Waals surface area contributed by atoms with Crippen LogP contribution in [0.25, 0.3) is 0 Å². The Morgan fingerprint density at radius 3 is 2.71 bits per heavy atom. The fourth-order valence-corrected chi connectivity index (χ4v) is 4.42. The van der Waals surface area contributed by atoms with Gasteiger partial charge in [-0.2, -0.15) is 0 Å². The van der Waals surface area contributed by atoms with Gasteiger partial charge in [0.05, 0.1) is 11.9 Å². The fourth-order valence-electron chi connectivity index (χ4n) is 3.61. The number of aromatic nitrogens is 2. The lowest BCUT2D eigenvalue weighted by Crippen LogP contribution is -2.54. The molecule has 1 aromatic rings. The van der Waals surface area contributed by atoms with Crippen molar-refractivity contribution in [2.45, 2.75) is 37.3 Å². The highest BCUT2D eigenvalue weighted by Crippen LogP contribution is 2.35. The molecule has 1 atom stereocenters. The highest BCUT2D eigenvalue weighted by atomic mass is 32.2. The van der Waals surface area contributed by atoms with Crippen molar-refractivity contribution in [3.05, 3.63) is 18.2 Å². The van der Waals surface area contributed by atoms with Crippen LogP contribution in [0.4, 0.5) is 0 Å². The smallest absolute Gasteiger partial charge is 0.289 e. The van der Waals surface area contributed by atoms with Gasteiger partial charge in [-0.25, -0.2) is 18.1 Å². The first-order chi connectivity index (χ1) is 11.3. The Bertz CT molecular complexity index is 707. The van der Waals surface area contributed by atoms with Gasteiger partial charge in [-0.05, 0) is 25.7 Å². The molecular weight excluding hydrogens is 332 g/mol. The topological polar surface area (TPSA) is 93.5 Å². The van der Waals surface area contributed by atoms with Gasteiger partial charge in [0.1, 0.15) is 0 Å². The number of hydrogen-bond donors (Lipinski definition) is 1. The third-order valence-corrected chi connectivity index (χ3v) is 5.61. The zero-order chi connectivity index (χ0) is 17.4. The molecule has 24 heavy (non-hydrogen) atoms. The molecule has 1 aromatic heterocycles. The molecule has 0 radical (unpaired) electrons. The van der Waals surface area contributed by atoms with Crippen molar-refractivity contribution in [2.75, 3.05) is 26.0 Å². The van der Waals surface area contributed by atoms with Crippen molar-refractivity contribution in [3.8, 4) is 0 Å². The second kappa shape index (κ2) is 6.45. The molecule has 2 saturated heterocycles. The van der Waals surface area contributed by atoms with Crippen molar-refractivity contribution in [1.82, 2.24) is 19.2 Å². The number of piperidine rings is 1. The molecule has 1 amide bonds. The van der Waals surface area contributed by atoms with Crippen molar-refractivity contribution >= 4 is 15.9 Å². The maximum Gasteiger partial charge on any atom is 0.289 e. The van der Waals surface area contributed by atoms with Gasteiger partial charge in [0, 0.05) is 45.2 Å². The predicted molar refractivity (Wildman–Crippen MR) is 88.0 cm³/mol. The lowest BCUT2D eigenvalue weighted by Gasteiger charge is -2.46. The average Bonchev–Trinajstić information content (AvgIpc) is 2.92. The molecule has 8 nitrogen and oxygen atoms in total. The summed E-state index contributed by atoms with van der Waals surface area (Å²) in [7, 11) is -1.42. The van der Waals surface area contributed by atoms with Gasteiger partial charge in [0.2, 0.25) is 10.0 Å². The predicted octanol–water partition coefficient (Wildman–Crippen LogP) is 0.123. The number of carbonyl (C=O) groups excluding carboxylic acids is 1. The van der Waals surface area contributed by atoms with E-state index in [-0.39, 0.29) is 17.6 Å². The maximum absolute atomic E-state index is 12.5. The summed E-state index contributed by atoms with van der Waals surface area (Å²) < 4.78 is 33.3. The highest BCUT2D eigenvalue weighted by molar-refractivity contribution is 7.88. The molecule has 0 saturated carbocycles. The van der Waals surface area contributed by atoms with Crippen LogP contribution in [0.2, 0.25) is 0 Å². The van der Waals surface area contributed by atoms with E-state index in [0.29, 0.717) is 51.2 Å². The number of ether oxygens (including phenoxy) is 1. The number of likely N-dealkylation sites (tertiary alicyclic amines) is 1. The standard InChI is InChI=1S/C15H24N4O4S/c1-18-9-6-16-13(18)14(20)19-7-4-15(5-8-19)11-12(3-10-23-15)17-24(2,21)22/h6,9,12,17H,3-5,7-8,10-11H2,1-2H3. The first-order valence-corrected chi connectivity index (χ1v) is 10.1. The summed E-state index contributed by atoms with van der Waals surface area (Å²) in [6.07, 6.45) is 7.32. The van der Waals surface area contributed by atoms with Gasteiger partial charge < -0.3 is 14.2 Å². The van der Waals surface area contributed by atoms with Crippen LogP contribution in [0.3, 0.4) is 0 Å². The Kier molecular flexibility index (Phi) is 4.67. The Morgan fingerprint density at radius 1 is 1.42 bits per heavy atom. The number of carbonyl (C=O) groups is 1. The summed E-state index contributed by atoms with van der Waals surface area (Å²) >= 11 is 0. The van der Waals surface area contributed by atoms with E-state index < -0.39 is 10.0 Å². The van der Waals surface area contributed by atoms with Gasteiger partial charge >= 0.3 is 0 Å². The average molecular weight is 356 g/mol. The molecule has 0 aliphatic carbocycles. The molecule has 2 fully saturated rings. The zero-order valence-corrected chi connectivity index (χ0v) is 14.9. The molecule has 3 heterocycles. The molecule has 2 aliphatic heterocycles. The van der Waals surface area contributed by atoms with E-state index in [9.17, 15) is 13.2 Å². The van der Waals surface area contributed by atoms with Crippen LogP contribution in [0.15, 0.2) is 12.4 Å². The Morgan fingerprint density at radius 2 is 2.12 bits per heavy atom. The molecule has 0 aromatic carbocycles. The maximum atomic E-state index is 12.5. The van der Waals surface area contributed by atoms with Gasteiger partial charge in [0.25, 0.3) is 5.91 Å². The van der Waals surface area contributed by atoms with Gasteiger partial charge in [0.15, 0.2) is 5.82 Å². The molecule has 1 unspecified atom stereocenters. The fraction of sp³-hybridized carbons (Fsp3) is 0.733. The first-order valence-electron chi connectivity index (χ1n) is 8.16. The van der Waals surface area contributed by atoms with Crippen LogP contribution in [-0.4, -0.2) is 66.4 Å². The number of amides is 1. The zero-order valence-electron chi connectivity index (χ0n) is 14.1. The summed E-state index contributed by atoms with van der Waals surface area (Å²) in [6, 6.07) is -0.0921. The van der Waals surface area contributed by atoms with Crippen LogP contribution in [0, 0.1) is 0 Å². The van der Waals surface area contributed by atoms with E-state index in [1.807, 2.05) is 0 Å². The van der Waals surface area contributed by atoms with E-state index in [2.05, 4.69) is 9.71 Å². The highest BCUT2D eigenvalue weighted by Gasteiger charge is 2.42. The summed E-state index contributed by atoms with van der Waals surface area (Å²) in [6.45, 7) is 1.73. The van der Waals surface area contributed by atoms with E-state index in [0.717, 1.165) is 0 Å². The number of sulfonamides is 1. The van der Waals surface area contributed by atoms with Crippen LogP contribution in [0.5, 0.6) is 0 Å².